The molecule has 4 rings (SSSR count). The van der Waals surface area contributed by atoms with E-state index in [1.807, 2.05) is 30.2 Å². The third-order valence-corrected chi connectivity index (χ3v) is 5.78. The van der Waals surface area contributed by atoms with Crippen molar-refractivity contribution in [1.29, 1.82) is 0 Å². The Morgan fingerprint density at radius 1 is 1.42 bits per heavy atom. The van der Waals surface area contributed by atoms with E-state index in [1.165, 1.54) is 0 Å². The lowest BCUT2D eigenvalue weighted by molar-refractivity contribution is -0.188. The molecule has 0 aliphatic carbocycles. The Morgan fingerprint density at radius 3 is 2.96 bits per heavy atom. The summed E-state index contributed by atoms with van der Waals surface area (Å²) in [4.78, 5) is 23.0. The Hall–Kier alpha value is -1.83. The van der Waals surface area contributed by atoms with Crippen LogP contribution >= 0.6 is 11.3 Å². The van der Waals surface area contributed by atoms with Gasteiger partial charge < -0.3 is 14.4 Å². The van der Waals surface area contributed by atoms with Crippen LogP contribution < -0.4 is 0 Å². The second kappa shape index (κ2) is 7.06. The smallest absolute Gasteiger partial charge is 0.272 e. The minimum atomic E-state index is -0.263. The monoisotopic (exact) mass is 373 g/mol. The first-order valence-electron chi connectivity index (χ1n) is 8.91. The normalized spacial score (nSPS) is 21.6. The zero-order valence-electron chi connectivity index (χ0n) is 15.1. The van der Waals surface area contributed by atoms with Crippen molar-refractivity contribution in [3.05, 3.63) is 45.7 Å². The second-order valence-corrected chi connectivity index (χ2v) is 8.26. The fourth-order valence-corrected chi connectivity index (χ4v) is 4.17. The number of carbonyl (C=O) groups excluding carboxylic acids is 1. The lowest BCUT2D eigenvalue weighted by Crippen LogP contribution is -2.67. The van der Waals surface area contributed by atoms with Crippen LogP contribution in [0.2, 0.25) is 0 Å². The first-order valence-corrected chi connectivity index (χ1v) is 9.79. The zero-order chi connectivity index (χ0) is 18.1. The molecule has 0 bridgehead atoms. The van der Waals surface area contributed by atoms with Crippen molar-refractivity contribution >= 4 is 17.2 Å². The predicted molar refractivity (Wildman–Crippen MR) is 98.2 cm³/mol. The van der Waals surface area contributed by atoms with E-state index in [0.717, 1.165) is 29.1 Å². The van der Waals surface area contributed by atoms with Crippen LogP contribution in [-0.2, 0) is 16.1 Å². The molecule has 0 aromatic carbocycles. The molecule has 1 unspecified atom stereocenters. The van der Waals surface area contributed by atoms with Gasteiger partial charge in [-0.25, -0.2) is 4.98 Å². The van der Waals surface area contributed by atoms with Crippen molar-refractivity contribution in [1.82, 2.24) is 14.9 Å². The molecule has 0 saturated carbocycles. The summed E-state index contributed by atoms with van der Waals surface area (Å²) in [6.07, 6.45) is 3.59. The number of hydrogen-bond acceptors (Lipinski definition) is 6. The predicted octanol–water partition coefficient (Wildman–Crippen LogP) is 2.75. The molecule has 2 fully saturated rings. The Labute approximate surface area is 157 Å². The third-order valence-electron chi connectivity index (χ3n) is 4.96. The molecule has 2 aromatic rings. The summed E-state index contributed by atoms with van der Waals surface area (Å²) in [5.41, 5.74) is 2.27. The second-order valence-electron chi connectivity index (χ2n) is 7.20. The average molecular weight is 373 g/mol. The fourth-order valence-electron chi connectivity index (χ4n) is 3.57. The first-order chi connectivity index (χ1) is 12.5. The highest BCUT2D eigenvalue weighted by Gasteiger charge is 2.49. The summed E-state index contributed by atoms with van der Waals surface area (Å²) in [7, 11) is 0. The van der Waals surface area contributed by atoms with E-state index < -0.39 is 0 Å². The molecule has 1 atom stereocenters. The highest BCUT2D eigenvalue weighted by atomic mass is 32.1. The van der Waals surface area contributed by atoms with Gasteiger partial charge in [0.1, 0.15) is 11.3 Å². The summed E-state index contributed by atoms with van der Waals surface area (Å²) in [5, 5.41) is 3.10. The molecule has 1 spiro atoms. The topological polar surface area (TPSA) is 64.6 Å². The van der Waals surface area contributed by atoms with Gasteiger partial charge >= 0.3 is 0 Å². The lowest BCUT2D eigenvalue weighted by Gasteiger charge is -2.52. The number of hydrogen-bond donors (Lipinski definition) is 0. The van der Waals surface area contributed by atoms with Crippen molar-refractivity contribution in [2.75, 3.05) is 19.7 Å². The van der Waals surface area contributed by atoms with E-state index in [9.17, 15) is 4.79 Å². The van der Waals surface area contributed by atoms with E-state index in [2.05, 4.69) is 9.97 Å². The number of likely N-dealkylation sites (tertiary alicyclic amines) is 1. The minimum absolute atomic E-state index is 0.0276. The molecular weight excluding hydrogens is 350 g/mol. The van der Waals surface area contributed by atoms with Gasteiger partial charge in [0.25, 0.3) is 5.91 Å². The molecule has 2 aliphatic heterocycles. The molecule has 6 nitrogen and oxygen atoms in total. The Bertz CT molecular complexity index is 784. The van der Waals surface area contributed by atoms with Crippen LogP contribution in [0.3, 0.4) is 0 Å². The van der Waals surface area contributed by atoms with Crippen molar-refractivity contribution in [3.63, 3.8) is 0 Å². The first kappa shape index (κ1) is 17.6. The van der Waals surface area contributed by atoms with Crippen molar-refractivity contribution in [2.24, 2.45) is 0 Å². The Balaban J connectivity index is 1.31. The molecule has 2 saturated heterocycles. The summed E-state index contributed by atoms with van der Waals surface area (Å²) in [6, 6.07) is 3.70. The fraction of sp³-hybridized carbons (Fsp3) is 0.526. The molecular formula is C19H23N3O3S. The van der Waals surface area contributed by atoms with Crippen LogP contribution in [0.5, 0.6) is 0 Å². The number of amides is 1. The van der Waals surface area contributed by atoms with E-state index in [0.29, 0.717) is 32.0 Å². The summed E-state index contributed by atoms with van der Waals surface area (Å²) in [5.74, 6) is -0.0276. The maximum atomic E-state index is 12.5. The van der Waals surface area contributed by atoms with Crippen LogP contribution in [0, 0.1) is 13.8 Å². The lowest BCUT2D eigenvalue weighted by atomic mass is 9.84. The van der Waals surface area contributed by atoms with Gasteiger partial charge in [-0.1, -0.05) is 6.07 Å². The van der Waals surface area contributed by atoms with Gasteiger partial charge in [0.15, 0.2) is 0 Å². The van der Waals surface area contributed by atoms with Gasteiger partial charge in [0.2, 0.25) is 0 Å². The summed E-state index contributed by atoms with van der Waals surface area (Å²) < 4.78 is 12.1. The van der Waals surface area contributed by atoms with Gasteiger partial charge in [-0.2, -0.15) is 0 Å². The van der Waals surface area contributed by atoms with Gasteiger partial charge in [0.05, 0.1) is 36.5 Å². The van der Waals surface area contributed by atoms with Crippen LogP contribution in [-0.4, -0.2) is 52.2 Å². The standard InChI is InChI=1S/C19H23N3O3S/c1-13-3-4-17(20-8-13)18(23)22-11-19(12-22)7-16(5-6-25-19)24-9-15-10-26-14(2)21-15/h3-4,8,10,16H,5-7,9,11-12H2,1-2H3. The van der Waals surface area contributed by atoms with Crippen LogP contribution in [0.15, 0.2) is 23.7 Å². The Morgan fingerprint density at radius 2 is 2.27 bits per heavy atom. The van der Waals surface area contributed by atoms with Gasteiger partial charge in [-0.3, -0.25) is 9.78 Å². The SMILES string of the molecule is Cc1ccc(C(=O)N2CC3(CC(OCc4csc(C)n4)CCO3)C2)nc1. The van der Waals surface area contributed by atoms with Crippen LogP contribution in [0.25, 0.3) is 0 Å². The molecule has 1 amide bonds. The van der Waals surface area contributed by atoms with Gasteiger partial charge in [-0.05, 0) is 31.9 Å². The van der Waals surface area contributed by atoms with Crippen LogP contribution in [0.4, 0.5) is 0 Å². The maximum absolute atomic E-state index is 12.5. The summed E-state index contributed by atoms with van der Waals surface area (Å²) in [6.45, 7) is 6.39. The highest BCUT2D eigenvalue weighted by molar-refractivity contribution is 7.09. The number of aryl methyl sites for hydroxylation is 2. The molecule has 26 heavy (non-hydrogen) atoms. The number of aromatic nitrogens is 2. The van der Waals surface area contributed by atoms with Crippen LogP contribution in [0.1, 0.15) is 39.6 Å². The number of thiazole rings is 1. The quantitative estimate of drug-likeness (QED) is 0.825. The third kappa shape index (κ3) is 3.65. The van der Waals surface area contributed by atoms with Crippen molar-refractivity contribution < 1.29 is 14.3 Å². The number of rotatable bonds is 4. The van der Waals surface area contributed by atoms with E-state index >= 15 is 0 Å². The zero-order valence-corrected chi connectivity index (χ0v) is 15.9. The number of ether oxygens (including phenoxy) is 2. The number of nitrogens with zero attached hydrogens (tertiary/aromatic N) is 3. The Kier molecular flexibility index (Phi) is 4.77. The number of carbonyl (C=O) groups is 1. The molecule has 2 aliphatic rings. The van der Waals surface area contributed by atoms with Crippen molar-refractivity contribution in [2.45, 2.75) is 45.0 Å². The highest BCUT2D eigenvalue weighted by Crippen LogP contribution is 2.36. The molecule has 2 aromatic heterocycles. The number of pyridine rings is 1. The van der Waals surface area contributed by atoms with Gasteiger partial charge in [0, 0.05) is 24.6 Å². The minimum Gasteiger partial charge on any atom is -0.372 e. The van der Waals surface area contributed by atoms with Crippen molar-refractivity contribution in [3.8, 4) is 0 Å². The molecule has 0 radical (unpaired) electrons. The maximum Gasteiger partial charge on any atom is 0.272 e. The molecule has 7 heteroatoms. The van der Waals surface area contributed by atoms with E-state index in [1.54, 1.807) is 23.6 Å². The van der Waals surface area contributed by atoms with Gasteiger partial charge in [-0.15, -0.1) is 11.3 Å². The average Bonchev–Trinajstić information content (AvgIpc) is 3.03. The van der Waals surface area contributed by atoms with E-state index in [-0.39, 0.29) is 17.6 Å². The summed E-state index contributed by atoms with van der Waals surface area (Å²) >= 11 is 1.64. The molecule has 4 heterocycles. The van der Waals surface area contributed by atoms with E-state index in [4.69, 9.17) is 9.47 Å². The molecule has 0 N–H and O–H groups in total. The molecule has 138 valence electrons. The largest absolute Gasteiger partial charge is 0.372 e.